The molecule has 0 heterocycles. The summed E-state index contributed by atoms with van der Waals surface area (Å²) in [6.45, 7) is 1.98. The molecule has 0 aliphatic rings. The number of aromatic hydroxyl groups is 2. The first kappa shape index (κ1) is 20.1. The number of phenolic OH excluding ortho intramolecular Hbond substituents is 2. The molecule has 4 rings (SSSR count). The molecule has 0 fully saturated rings. The van der Waals surface area contributed by atoms with Crippen molar-refractivity contribution in [3.63, 3.8) is 0 Å². The molecule has 0 radical (unpaired) electrons. The van der Waals surface area contributed by atoms with Crippen LogP contribution in [0.2, 0.25) is 0 Å². The minimum absolute atomic E-state index is 0.168. The fourth-order valence-electron chi connectivity index (χ4n) is 3.24. The molecule has 2 N–H and O–H groups in total. The number of rotatable bonds is 5. The van der Waals surface area contributed by atoms with Crippen molar-refractivity contribution in [1.29, 1.82) is 0 Å². The van der Waals surface area contributed by atoms with Gasteiger partial charge >= 0.3 is 0 Å². The first-order valence-electron chi connectivity index (χ1n) is 9.97. The van der Waals surface area contributed by atoms with Crippen LogP contribution in [0.5, 0.6) is 11.5 Å². The van der Waals surface area contributed by atoms with Gasteiger partial charge in [-0.25, -0.2) is 4.99 Å². The first-order chi connectivity index (χ1) is 15.1. The molecule has 0 aliphatic carbocycles. The molecule has 4 aromatic rings. The minimum atomic E-state index is 0.168. The Balaban J connectivity index is 1.84. The fourth-order valence-corrected chi connectivity index (χ4v) is 3.24. The van der Waals surface area contributed by atoms with E-state index in [1.54, 1.807) is 30.5 Å². The smallest absolute Gasteiger partial charge is 0.125 e. The molecular formula is C27H22N2O2. The van der Waals surface area contributed by atoms with Crippen molar-refractivity contribution in [3.05, 3.63) is 119 Å². The number of aryl methyl sites for hydroxylation is 1. The second kappa shape index (κ2) is 9.09. The summed E-state index contributed by atoms with van der Waals surface area (Å²) in [7, 11) is 0. The molecule has 0 saturated carbocycles. The van der Waals surface area contributed by atoms with Gasteiger partial charge in [-0.05, 0) is 43.3 Å². The van der Waals surface area contributed by atoms with Gasteiger partial charge in [0.1, 0.15) is 11.5 Å². The van der Waals surface area contributed by atoms with Crippen LogP contribution in [0.4, 0.5) is 11.4 Å². The topological polar surface area (TPSA) is 65.2 Å². The largest absolute Gasteiger partial charge is 0.507 e. The SMILES string of the molecule is Cc1ccc(O)c(C(=Nc2ccccc2N=Cc2ccccc2O)c2ccccc2)c1. The van der Waals surface area contributed by atoms with E-state index in [1.807, 2.05) is 79.7 Å². The third kappa shape index (κ3) is 4.70. The summed E-state index contributed by atoms with van der Waals surface area (Å²) in [6.07, 6.45) is 1.62. The van der Waals surface area contributed by atoms with Crippen molar-refractivity contribution < 1.29 is 10.2 Å². The van der Waals surface area contributed by atoms with Crippen LogP contribution in [-0.2, 0) is 0 Å². The van der Waals surface area contributed by atoms with E-state index in [4.69, 9.17) is 4.99 Å². The highest BCUT2D eigenvalue weighted by Gasteiger charge is 2.13. The number of aliphatic imine (C=N–C) groups is 2. The van der Waals surface area contributed by atoms with E-state index in [-0.39, 0.29) is 11.5 Å². The molecule has 4 aromatic carbocycles. The van der Waals surface area contributed by atoms with Gasteiger partial charge in [0.05, 0.1) is 17.1 Å². The summed E-state index contributed by atoms with van der Waals surface area (Å²) in [5, 5.41) is 20.6. The minimum Gasteiger partial charge on any atom is -0.507 e. The maximum Gasteiger partial charge on any atom is 0.125 e. The lowest BCUT2D eigenvalue weighted by atomic mass is 9.99. The molecule has 4 nitrogen and oxygen atoms in total. The van der Waals surface area contributed by atoms with Gasteiger partial charge in [0.25, 0.3) is 0 Å². The number of hydrogen-bond acceptors (Lipinski definition) is 4. The van der Waals surface area contributed by atoms with Gasteiger partial charge in [-0.15, -0.1) is 0 Å². The standard InChI is InChI=1S/C27H22N2O2/c1-19-15-16-26(31)22(17-19)27(20-9-3-2-4-10-20)29-24-13-7-6-12-23(24)28-18-21-11-5-8-14-25(21)30/h2-18,30-31H,1H3. The van der Waals surface area contributed by atoms with E-state index in [1.165, 1.54) is 0 Å². The van der Waals surface area contributed by atoms with Crippen LogP contribution in [0, 0.1) is 6.92 Å². The summed E-state index contributed by atoms with van der Waals surface area (Å²) in [5.74, 6) is 0.338. The van der Waals surface area contributed by atoms with E-state index in [0.29, 0.717) is 28.2 Å². The Bertz CT molecular complexity index is 1260. The van der Waals surface area contributed by atoms with Crippen LogP contribution < -0.4 is 0 Å². The molecule has 0 amide bonds. The van der Waals surface area contributed by atoms with Gasteiger partial charge < -0.3 is 10.2 Å². The van der Waals surface area contributed by atoms with Crippen molar-refractivity contribution in [2.24, 2.45) is 9.98 Å². The molecule has 152 valence electrons. The number of benzene rings is 4. The zero-order valence-electron chi connectivity index (χ0n) is 17.1. The predicted octanol–water partition coefficient (Wildman–Crippen LogP) is 6.33. The Morgan fingerprint density at radius 3 is 2.16 bits per heavy atom. The van der Waals surface area contributed by atoms with E-state index >= 15 is 0 Å². The maximum absolute atomic E-state index is 10.6. The van der Waals surface area contributed by atoms with Crippen LogP contribution >= 0.6 is 0 Å². The quantitative estimate of drug-likeness (QED) is 0.381. The van der Waals surface area contributed by atoms with E-state index < -0.39 is 0 Å². The third-order valence-corrected chi connectivity index (χ3v) is 4.85. The van der Waals surface area contributed by atoms with Crippen LogP contribution in [-0.4, -0.2) is 22.1 Å². The molecule has 0 bridgehead atoms. The summed E-state index contributed by atoms with van der Waals surface area (Å²) in [5.41, 5.74) is 5.18. The average Bonchev–Trinajstić information content (AvgIpc) is 2.80. The van der Waals surface area contributed by atoms with Gasteiger partial charge in [0, 0.05) is 22.9 Å². The first-order valence-corrected chi connectivity index (χ1v) is 9.97. The van der Waals surface area contributed by atoms with E-state index in [0.717, 1.165) is 11.1 Å². The summed E-state index contributed by atoms with van der Waals surface area (Å²) in [6, 6.07) is 29.8. The highest BCUT2D eigenvalue weighted by Crippen LogP contribution is 2.31. The molecule has 4 heteroatoms. The van der Waals surface area contributed by atoms with Crippen molar-refractivity contribution >= 4 is 23.3 Å². The Morgan fingerprint density at radius 1 is 0.710 bits per heavy atom. The van der Waals surface area contributed by atoms with Crippen LogP contribution in [0.1, 0.15) is 22.3 Å². The third-order valence-electron chi connectivity index (χ3n) is 4.85. The second-order valence-corrected chi connectivity index (χ2v) is 7.15. The zero-order valence-corrected chi connectivity index (χ0v) is 17.1. The molecule has 31 heavy (non-hydrogen) atoms. The average molecular weight is 406 g/mol. The van der Waals surface area contributed by atoms with Crippen LogP contribution in [0.3, 0.4) is 0 Å². The number of nitrogens with zero attached hydrogens (tertiary/aromatic N) is 2. The molecule has 0 aliphatic heterocycles. The van der Waals surface area contributed by atoms with Crippen molar-refractivity contribution in [2.45, 2.75) is 6.92 Å². The van der Waals surface area contributed by atoms with E-state index in [2.05, 4.69) is 4.99 Å². The summed E-state index contributed by atoms with van der Waals surface area (Å²) < 4.78 is 0. The lowest BCUT2D eigenvalue weighted by molar-refractivity contribution is 0.473. The summed E-state index contributed by atoms with van der Waals surface area (Å²) in [4.78, 5) is 9.48. The fraction of sp³-hybridized carbons (Fsp3) is 0.0370. The normalized spacial score (nSPS) is 11.7. The number of phenols is 2. The van der Waals surface area contributed by atoms with Crippen molar-refractivity contribution in [2.75, 3.05) is 0 Å². The Kier molecular flexibility index (Phi) is 5.90. The van der Waals surface area contributed by atoms with Crippen molar-refractivity contribution in [3.8, 4) is 11.5 Å². The zero-order chi connectivity index (χ0) is 21.6. The molecule has 0 aromatic heterocycles. The molecule has 0 atom stereocenters. The Morgan fingerprint density at radius 2 is 1.39 bits per heavy atom. The van der Waals surface area contributed by atoms with Gasteiger partial charge in [0.2, 0.25) is 0 Å². The second-order valence-electron chi connectivity index (χ2n) is 7.15. The Hall–Kier alpha value is -4.18. The summed E-state index contributed by atoms with van der Waals surface area (Å²) >= 11 is 0. The maximum atomic E-state index is 10.6. The van der Waals surface area contributed by atoms with Crippen LogP contribution in [0.15, 0.2) is 107 Å². The van der Waals surface area contributed by atoms with Crippen molar-refractivity contribution in [1.82, 2.24) is 0 Å². The number of hydrogen-bond donors (Lipinski definition) is 2. The number of para-hydroxylation sites is 3. The molecule has 0 saturated heterocycles. The predicted molar refractivity (Wildman–Crippen MR) is 126 cm³/mol. The lowest BCUT2D eigenvalue weighted by Crippen LogP contribution is -2.04. The molecule has 0 unspecified atom stereocenters. The highest BCUT2D eigenvalue weighted by molar-refractivity contribution is 6.15. The Labute approximate surface area is 181 Å². The van der Waals surface area contributed by atoms with Crippen LogP contribution in [0.25, 0.3) is 0 Å². The van der Waals surface area contributed by atoms with Gasteiger partial charge in [-0.1, -0.05) is 66.2 Å². The monoisotopic (exact) mass is 406 g/mol. The van der Waals surface area contributed by atoms with Gasteiger partial charge in [0.15, 0.2) is 0 Å². The molecule has 0 spiro atoms. The highest BCUT2D eigenvalue weighted by atomic mass is 16.3. The van der Waals surface area contributed by atoms with Gasteiger partial charge in [-0.2, -0.15) is 0 Å². The molecular weight excluding hydrogens is 384 g/mol. The lowest BCUT2D eigenvalue weighted by Gasteiger charge is -2.11. The van der Waals surface area contributed by atoms with Gasteiger partial charge in [-0.3, -0.25) is 4.99 Å². The van der Waals surface area contributed by atoms with E-state index in [9.17, 15) is 10.2 Å².